The Morgan fingerprint density at radius 3 is 2.45 bits per heavy atom. The molecule has 1 unspecified atom stereocenters. The van der Waals surface area contributed by atoms with Crippen LogP contribution in [0.4, 0.5) is 0 Å². The monoisotopic (exact) mass is 314 g/mol. The van der Waals surface area contributed by atoms with Gasteiger partial charge in [-0.15, -0.1) is 0 Å². The fraction of sp³-hybridized carbons (Fsp3) is 0.875. The van der Waals surface area contributed by atoms with Crippen LogP contribution >= 0.6 is 0 Å². The molecule has 22 heavy (non-hydrogen) atoms. The molecule has 1 aliphatic heterocycles. The van der Waals surface area contributed by atoms with Gasteiger partial charge in [0.25, 0.3) is 0 Å². The molecule has 0 aromatic rings. The van der Waals surface area contributed by atoms with E-state index in [1.807, 2.05) is 32.7 Å². The van der Waals surface area contributed by atoms with E-state index in [4.69, 9.17) is 15.2 Å². The lowest BCUT2D eigenvalue weighted by molar-refractivity contribution is -0.138. The average Bonchev–Trinajstić information content (AvgIpc) is 2.80. The molecule has 0 spiro atoms. The van der Waals surface area contributed by atoms with Gasteiger partial charge in [-0.3, -0.25) is 14.5 Å². The van der Waals surface area contributed by atoms with E-state index in [9.17, 15) is 9.59 Å². The summed E-state index contributed by atoms with van der Waals surface area (Å²) in [6, 6.07) is -0.956. The van der Waals surface area contributed by atoms with Crippen LogP contribution in [0.25, 0.3) is 0 Å². The zero-order valence-electron chi connectivity index (χ0n) is 14.4. The first-order valence-electron chi connectivity index (χ1n) is 8.07. The Bertz CT molecular complexity index is 388. The number of hydrogen-bond acceptors (Lipinski definition) is 6. The van der Waals surface area contributed by atoms with Gasteiger partial charge in [0.1, 0.15) is 5.78 Å². The number of likely N-dealkylation sites (N-methyl/N-ethyl adjacent to an activating group) is 1. The Kier molecular flexibility index (Phi) is 7.62. The molecule has 128 valence electrons. The minimum Gasteiger partial charge on any atom is -0.353 e. The van der Waals surface area contributed by atoms with Crippen LogP contribution in [-0.4, -0.2) is 61.1 Å². The fourth-order valence-corrected chi connectivity index (χ4v) is 3.27. The highest BCUT2D eigenvalue weighted by Crippen LogP contribution is 2.31. The standard InChI is InChI=1S/C16H30N2O4/c1-6-14(20)15(17)16-12(9-22-11(4)21-7-2)8-13(10(3)19)18(16)5/h11-13,15-16H,6-9,17H2,1-5H3/t11?,12-,13+,15-,16+/m0/s1. The molecule has 1 aliphatic rings. The highest BCUT2D eigenvalue weighted by atomic mass is 16.7. The molecule has 1 rings (SSSR count). The van der Waals surface area contributed by atoms with Crippen molar-refractivity contribution < 1.29 is 19.1 Å². The second-order valence-electron chi connectivity index (χ2n) is 5.98. The Balaban J connectivity index is 2.81. The Morgan fingerprint density at radius 2 is 1.95 bits per heavy atom. The molecule has 0 saturated carbocycles. The molecule has 0 amide bonds. The van der Waals surface area contributed by atoms with Crippen molar-refractivity contribution in [2.24, 2.45) is 11.7 Å². The van der Waals surface area contributed by atoms with E-state index < -0.39 is 6.04 Å². The lowest BCUT2D eigenvalue weighted by Gasteiger charge is -2.31. The third-order valence-electron chi connectivity index (χ3n) is 4.47. The Morgan fingerprint density at radius 1 is 1.32 bits per heavy atom. The summed E-state index contributed by atoms with van der Waals surface area (Å²) in [5.74, 6) is 0.167. The van der Waals surface area contributed by atoms with Crippen molar-refractivity contribution in [3.63, 3.8) is 0 Å². The first-order chi connectivity index (χ1) is 10.3. The van der Waals surface area contributed by atoms with Crippen LogP contribution in [0, 0.1) is 5.92 Å². The van der Waals surface area contributed by atoms with Crippen LogP contribution < -0.4 is 5.73 Å². The number of hydrogen-bond donors (Lipinski definition) is 1. The topological polar surface area (TPSA) is 81.9 Å². The molecule has 6 heteroatoms. The lowest BCUT2D eigenvalue weighted by Crippen LogP contribution is -2.52. The molecule has 6 nitrogen and oxygen atoms in total. The molecular formula is C16H30N2O4. The van der Waals surface area contributed by atoms with Gasteiger partial charge < -0.3 is 15.2 Å². The van der Waals surface area contributed by atoms with Gasteiger partial charge in [-0.1, -0.05) is 6.92 Å². The molecule has 0 aliphatic carbocycles. The molecule has 1 heterocycles. The van der Waals surface area contributed by atoms with Gasteiger partial charge in [0.05, 0.1) is 18.7 Å². The third kappa shape index (κ3) is 4.59. The van der Waals surface area contributed by atoms with Crippen molar-refractivity contribution in [3.05, 3.63) is 0 Å². The highest BCUT2D eigenvalue weighted by molar-refractivity contribution is 5.85. The van der Waals surface area contributed by atoms with Crippen LogP contribution in [0.3, 0.4) is 0 Å². The van der Waals surface area contributed by atoms with Crippen LogP contribution in [-0.2, 0) is 19.1 Å². The van der Waals surface area contributed by atoms with Gasteiger partial charge in [0, 0.05) is 25.0 Å². The van der Waals surface area contributed by atoms with E-state index in [-0.39, 0.29) is 35.9 Å². The van der Waals surface area contributed by atoms with Gasteiger partial charge >= 0.3 is 0 Å². The number of ether oxygens (including phenoxy) is 2. The Labute approximate surface area is 133 Å². The number of rotatable bonds is 9. The minimum absolute atomic E-state index is 0.0175. The van der Waals surface area contributed by atoms with E-state index in [0.29, 0.717) is 26.1 Å². The minimum atomic E-state index is -0.588. The van der Waals surface area contributed by atoms with Gasteiger partial charge in [-0.25, -0.2) is 0 Å². The average molecular weight is 314 g/mol. The summed E-state index contributed by atoms with van der Waals surface area (Å²) < 4.78 is 11.1. The predicted octanol–water partition coefficient (Wildman–Crippen LogP) is 0.970. The summed E-state index contributed by atoms with van der Waals surface area (Å²) in [6.45, 7) is 8.16. The summed E-state index contributed by atoms with van der Waals surface area (Å²) in [4.78, 5) is 25.8. The molecule has 5 atom stereocenters. The first kappa shape index (κ1) is 19.2. The second kappa shape index (κ2) is 8.72. The lowest BCUT2D eigenvalue weighted by atomic mass is 9.91. The van der Waals surface area contributed by atoms with Gasteiger partial charge in [0.15, 0.2) is 12.1 Å². The van der Waals surface area contributed by atoms with E-state index in [1.54, 1.807) is 6.92 Å². The molecule has 0 aromatic carbocycles. The van der Waals surface area contributed by atoms with Crippen molar-refractivity contribution in [2.45, 2.75) is 65.0 Å². The normalized spacial score (nSPS) is 28.5. The van der Waals surface area contributed by atoms with E-state index >= 15 is 0 Å². The van der Waals surface area contributed by atoms with Crippen LogP contribution in [0.2, 0.25) is 0 Å². The molecular weight excluding hydrogens is 284 g/mol. The number of Topliss-reactive ketones (excluding diaryl/α,β-unsaturated/α-hetero) is 2. The zero-order valence-corrected chi connectivity index (χ0v) is 14.4. The van der Waals surface area contributed by atoms with Crippen molar-refractivity contribution in [3.8, 4) is 0 Å². The molecule has 0 radical (unpaired) electrons. The van der Waals surface area contributed by atoms with Gasteiger partial charge in [0.2, 0.25) is 0 Å². The van der Waals surface area contributed by atoms with Crippen molar-refractivity contribution in [1.29, 1.82) is 0 Å². The summed E-state index contributed by atoms with van der Waals surface area (Å²) in [7, 11) is 1.87. The largest absolute Gasteiger partial charge is 0.353 e. The first-order valence-corrected chi connectivity index (χ1v) is 8.07. The molecule has 0 bridgehead atoms. The SMILES string of the molecule is CCOC(C)OC[C@@H]1C[C@H](C(C)=O)N(C)[C@H]1[C@@H](N)C(=O)CC. The molecule has 2 N–H and O–H groups in total. The van der Waals surface area contributed by atoms with Crippen molar-refractivity contribution >= 4 is 11.6 Å². The maximum Gasteiger partial charge on any atom is 0.154 e. The second-order valence-corrected chi connectivity index (χ2v) is 5.98. The summed E-state index contributed by atoms with van der Waals surface area (Å²) in [6.07, 6.45) is 0.768. The summed E-state index contributed by atoms with van der Waals surface area (Å²) in [5, 5.41) is 0. The van der Waals surface area contributed by atoms with Crippen LogP contribution in [0.5, 0.6) is 0 Å². The summed E-state index contributed by atoms with van der Waals surface area (Å²) >= 11 is 0. The smallest absolute Gasteiger partial charge is 0.154 e. The molecule has 1 saturated heterocycles. The van der Waals surface area contributed by atoms with E-state index in [0.717, 1.165) is 0 Å². The van der Waals surface area contributed by atoms with Crippen LogP contribution in [0.15, 0.2) is 0 Å². The molecule has 0 aromatic heterocycles. The van der Waals surface area contributed by atoms with Crippen molar-refractivity contribution in [2.75, 3.05) is 20.3 Å². The molecule has 1 fully saturated rings. The highest BCUT2D eigenvalue weighted by Gasteiger charge is 2.45. The van der Waals surface area contributed by atoms with Gasteiger partial charge in [-0.05, 0) is 34.2 Å². The maximum atomic E-state index is 12.0. The maximum absolute atomic E-state index is 12.0. The van der Waals surface area contributed by atoms with E-state index in [1.165, 1.54) is 0 Å². The number of nitrogens with zero attached hydrogens (tertiary/aromatic N) is 1. The van der Waals surface area contributed by atoms with Crippen molar-refractivity contribution in [1.82, 2.24) is 4.90 Å². The quantitative estimate of drug-likeness (QED) is 0.639. The third-order valence-corrected chi connectivity index (χ3v) is 4.47. The predicted molar refractivity (Wildman–Crippen MR) is 84.4 cm³/mol. The number of carbonyl (C=O) groups excluding carboxylic acids is 2. The van der Waals surface area contributed by atoms with E-state index in [2.05, 4.69) is 0 Å². The number of carbonyl (C=O) groups is 2. The van der Waals surface area contributed by atoms with Crippen LogP contribution in [0.1, 0.15) is 40.5 Å². The van der Waals surface area contributed by atoms with Gasteiger partial charge in [-0.2, -0.15) is 0 Å². The number of likely N-dealkylation sites (tertiary alicyclic amines) is 1. The fourth-order valence-electron chi connectivity index (χ4n) is 3.27. The number of nitrogens with two attached hydrogens (primary N) is 1. The summed E-state index contributed by atoms with van der Waals surface area (Å²) in [5.41, 5.74) is 6.15. The Hall–Kier alpha value is -0.820. The zero-order chi connectivity index (χ0) is 16.9. The number of ketones is 2.